The molecule has 3 aromatic carbocycles. The number of carboxylic acid groups (broad SMARTS) is 3. The molecule has 6 N–H and O–H groups in total. The minimum atomic E-state index is -1.36. The number of carbonyl (C=O) groups excluding carboxylic acids is 12. The first-order chi connectivity index (χ1) is 53.7. The van der Waals surface area contributed by atoms with Crippen LogP contribution in [0.25, 0.3) is 0 Å². The van der Waals surface area contributed by atoms with Gasteiger partial charge in [0.25, 0.3) is 0 Å². The largest absolute Gasteiger partial charge is 0.481 e. The van der Waals surface area contributed by atoms with E-state index in [0.717, 1.165) is 55.9 Å². The topological polar surface area (TPSA) is 446 Å². The Labute approximate surface area is 652 Å². The molecule has 112 heavy (non-hydrogen) atoms. The molecule has 0 spiro atoms. The van der Waals surface area contributed by atoms with Crippen LogP contribution in [0.1, 0.15) is 36.0 Å². The molecule has 0 saturated carbocycles. The molecular formula is C75H111N13O24. The number of benzene rings is 3. The van der Waals surface area contributed by atoms with Crippen molar-refractivity contribution in [2.75, 3.05) is 239 Å². The van der Waals surface area contributed by atoms with E-state index in [1.165, 1.54) is 57.4 Å². The molecule has 0 atom stereocenters. The van der Waals surface area contributed by atoms with Crippen molar-refractivity contribution >= 4 is 88.8 Å². The molecule has 0 saturated heterocycles. The van der Waals surface area contributed by atoms with E-state index >= 15 is 0 Å². The molecule has 0 aliphatic carbocycles. The van der Waals surface area contributed by atoms with E-state index in [1.807, 2.05) is 24.3 Å². The third kappa shape index (κ3) is 38.9. The van der Waals surface area contributed by atoms with Crippen molar-refractivity contribution in [2.24, 2.45) is 5.73 Å². The van der Waals surface area contributed by atoms with E-state index in [0.29, 0.717) is 0 Å². The van der Waals surface area contributed by atoms with Crippen molar-refractivity contribution in [3.05, 3.63) is 108 Å². The van der Waals surface area contributed by atoms with Gasteiger partial charge >= 0.3 is 17.9 Å². The van der Waals surface area contributed by atoms with Gasteiger partial charge in [-0.05, 0) is 36.0 Å². The van der Waals surface area contributed by atoms with Gasteiger partial charge in [-0.25, -0.2) is 0 Å². The van der Waals surface area contributed by atoms with Gasteiger partial charge in [-0.3, -0.25) is 71.9 Å². The Kier molecular flexibility index (Phi) is 46.9. The number of hydrogen-bond donors (Lipinski definition) is 5. The summed E-state index contributed by atoms with van der Waals surface area (Å²) in [6.07, 6.45) is -0.975. The van der Waals surface area contributed by atoms with Gasteiger partial charge in [0.15, 0.2) is 0 Å². The molecule has 0 radical (unpaired) electrons. The third-order valence-electron chi connectivity index (χ3n) is 17.4. The lowest BCUT2D eigenvalue weighted by Crippen LogP contribution is -2.54. The van der Waals surface area contributed by atoms with Crippen molar-refractivity contribution < 1.29 is 116 Å². The summed E-state index contributed by atoms with van der Waals surface area (Å²) in [5.41, 5.74) is 7.78. The van der Waals surface area contributed by atoms with Gasteiger partial charge in [-0.2, -0.15) is 0 Å². The first-order valence-electron chi connectivity index (χ1n) is 36.4. The summed E-state index contributed by atoms with van der Waals surface area (Å²) in [5, 5.41) is 31.6. The number of amides is 12. The number of nitrogens with zero attached hydrogens (tertiary/aromatic N) is 11. The van der Waals surface area contributed by atoms with E-state index in [9.17, 15) is 82.1 Å². The fourth-order valence-corrected chi connectivity index (χ4v) is 10.9. The van der Waals surface area contributed by atoms with Crippen LogP contribution in [-0.4, -0.2) is 397 Å². The smallest absolute Gasteiger partial charge is 0.305 e. The van der Waals surface area contributed by atoms with Gasteiger partial charge in [-0.15, -0.1) is 0 Å². The summed E-state index contributed by atoms with van der Waals surface area (Å²) in [6, 6.07) is 26.8. The van der Waals surface area contributed by atoms with Crippen molar-refractivity contribution in [3.8, 4) is 0 Å². The highest BCUT2D eigenvalue weighted by Gasteiger charge is 2.34. The maximum atomic E-state index is 14.9. The number of hydrogen-bond acceptors (Lipinski definition) is 22. The second-order valence-electron chi connectivity index (χ2n) is 25.7. The van der Waals surface area contributed by atoms with E-state index in [1.54, 1.807) is 66.7 Å². The maximum Gasteiger partial charge on any atom is 0.305 e. The first kappa shape index (κ1) is 95.6. The van der Waals surface area contributed by atoms with Crippen molar-refractivity contribution in [1.29, 1.82) is 0 Å². The number of aliphatic carboxylic acids is 3. The molecular weight excluding hydrogens is 1470 g/mol. The van der Waals surface area contributed by atoms with Crippen LogP contribution in [0.5, 0.6) is 0 Å². The van der Waals surface area contributed by atoms with Crippen molar-refractivity contribution in [3.63, 3.8) is 0 Å². The molecule has 620 valence electrons. The van der Waals surface area contributed by atoms with Gasteiger partial charge < -0.3 is 109 Å². The highest BCUT2D eigenvalue weighted by Crippen LogP contribution is 2.13. The fraction of sp³-hybridized carbons (Fsp3) is 0.560. The van der Waals surface area contributed by atoms with Crippen molar-refractivity contribution in [2.45, 2.75) is 38.5 Å². The van der Waals surface area contributed by atoms with Crippen LogP contribution in [-0.2, 0) is 120 Å². The van der Waals surface area contributed by atoms with Crippen LogP contribution in [0.2, 0.25) is 0 Å². The number of methoxy groups -OCH3 is 6. The van der Waals surface area contributed by atoms with Crippen LogP contribution in [0.3, 0.4) is 0 Å². The lowest BCUT2D eigenvalue weighted by atomic mass is 10.1. The van der Waals surface area contributed by atoms with Crippen LogP contribution in [0.4, 0.5) is 0 Å². The molecule has 0 aliphatic rings. The second kappa shape index (κ2) is 54.9. The summed E-state index contributed by atoms with van der Waals surface area (Å²) in [4.78, 5) is 218. The van der Waals surface area contributed by atoms with Crippen molar-refractivity contribution in [1.82, 2.24) is 59.2 Å². The van der Waals surface area contributed by atoms with Gasteiger partial charge in [0, 0.05) is 121 Å². The standard InChI is InChI=1S/C75H111N13O24/c1-107-40-34-83(47-61(76)89)68(96)48-78(29-23-58-16-10-7-11-17-58)64(92)54-85(36-42-109-3)71(99)51-81(32-26-74(103)104)67(95)57-88(39-45-112-6)70(98)50-80(31-25-60-20-14-9-15-21-60)65(93)55-86(37-43-110-4)72(100)52-82(33-27-75(105)106)66(94)56-87(38-44-111-5)69(97)49-79(30-24-59-18-12-8-13-19-59)63(91)53-84(35-41-108-2)62(90)46-77-28-22-73(101)102/h7-21,77H,22-57H2,1-6H3,(H2,76,89)(H,101,102)(H,103,104)(H,105,106). The van der Waals surface area contributed by atoms with Crippen LogP contribution >= 0.6 is 0 Å². The van der Waals surface area contributed by atoms with Gasteiger partial charge in [-0.1, -0.05) is 91.0 Å². The zero-order chi connectivity index (χ0) is 82.8. The SMILES string of the molecule is COCCN(CC(N)=O)C(=O)CN(CCc1ccccc1)C(=O)CN(CCOC)C(=O)CN(CCC(=O)O)C(=O)CN(CCOC)C(=O)CN(CCc1ccccc1)C(=O)CN(CCOC)C(=O)CN(CCC(=O)O)C(=O)CN(CCOC)C(=O)CN(CCc1ccccc1)C(=O)CN(CCOC)C(=O)CNCCC(=O)O. The predicted octanol–water partition coefficient (Wildman–Crippen LogP) is -2.79. The molecule has 0 aliphatic heterocycles. The molecule has 37 heteroatoms. The maximum absolute atomic E-state index is 14.9. The van der Waals surface area contributed by atoms with E-state index in [4.69, 9.17) is 39.3 Å². The first-order valence-corrected chi connectivity index (χ1v) is 36.4. The third-order valence-corrected chi connectivity index (χ3v) is 17.4. The van der Waals surface area contributed by atoms with Crippen LogP contribution < -0.4 is 11.1 Å². The summed E-state index contributed by atoms with van der Waals surface area (Å²) in [7, 11) is 8.11. The number of ether oxygens (including phenoxy) is 6. The van der Waals surface area contributed by atoms with Crippen LogP contribution in [0, 0.1) is 0 Å². The fourth-order valence-electron chi connectivity index (χ4n) is 10.9. The number of primary amides is 1. The van der Waals surface area contributed by atoms with Gasteiger partial charge in [0.2, 0.25) is 70.9 Å². The Morgan fingerprint density at radius 2 is 0.473 bits per heavy atom. The molecule has 0 unspecified atom stereocenters. The number of rotatable bonds is 60. The molecule has 3 aromatic rings. The number of nitrogens with one attached hydrogen (secondary N) is 1. The molecule has 0 fully saturated rings. The lowest BCUT2D eigenvalue weighted by Gasteiger charge is -2.33. The average Bonchev–Trinajstić information content (AvgIpc) is 0.864. The predicted molar refractivity (Wildman–Crippen MR) is 403 cm³/mol. The summed E-state index contributed by atoms with van der Waals surface area (Å²) >= 11 is 0. The van der Waals surface area contributed by atoms with Gasteiger partial charge in [0.05, 0.1) is 137 Å². The highest BCUT2D eigenvalue weighted by molar-refractivity contribution is 5.95. The normalized spacial score (nSPS) is 10.8. The van der Waals surface area contributed by atoms with E-state index in [-0.39, 0.29) is 137 Å². The lowest BCUT2D eigenvalue weighted by molar-refractivity contribution is -0.150. The molecule has 0 heterocycles. The number of nitrogens with two attached hydrogens (primary N) is 1. The average molecular weight is 1580 g/mol. The molecule has 0 aromatic heterocycles. The van der Waals surface area contributed by atoms with Gasteiger partial charge in [0.1, 0.15) is 0 Å². The Morgan fingerprint density at radius 3 is 0.679 bits per heavy atom. The number of carbonyl (C=O) groups is 15. The molecule has 0 bridgehead atoms. The quantitative estimate of drug-likeness (QED) is 0.0357. The zero-order valence-electron chi connectivity index (χ0n) is 65.0. The summed E-state index contributed by atoms with van der Waals surface area (Å²) < 4.78 is 31.5. The Balaban J connectivity index is 2.00. The highest BCUT2D eigenvalue weighted by atomic mass is 16.5. The minimum absolute atomic E-state index is 0.0196. The molecule has 37 nitrogen and oxygen atoms in total. The second-order valence-corrected chi connectivity index (χ2v) is 25.7. The zero-order valence-corrected chi connectivity index (χ0v) is 65.0. The van der Waals surface area contributed by atoms with Crippen LogP contribution in [0.15, 0.2) is 91.0 Å². The van der Waals surface area contributed by atoms with E-state index in [2.05, 4.69) is 5.32 Å². The summed E-state index contributed by atoms with van der Waals surface area (Å²) in [6.45, 7) is -11.0. The summed E-state index contributed by atoms with van der Waals surface area (Å²) in [5.74, 6) is -13.3. The Bertz CT molecular complexity index is 3460. The Hall–Kier alpha value is -10.6. The molecule has 3 rings (SSSR count). The monoisotopic (exact) mass is 1580 g/mol. The molecule has 12 amide bonds. The minimum Gasteiger partial charge on any atom is -0.481 e. The van der Waals surface area contributed by atoms with E-state index < -0.39 is 187 Å². The Morgan fingerprint density at radius 1 is 0.277 bits per heavy atom. The number of carboxylic acids is 3.